The second-order valence-corrected chi connectivity index (χ2v) is 5.22. The molecule has 0 amide bonds. The summed E-state index contributed by atoms with van der Waals surface area (Å²) in [6.07, 6.45) is 8.10. The smallest absolute Gasteiger partial charge is 0.235 e. The summed E-state index contributed by atoms with van der Waals surface area (Å²) in [7, 11) is 0. The van der Waals surface area contributed by atoms with Gasteiger partial charge in [-0.25, -0.2) is 4.79 Å². The Balaban J connectivity index is 2.02. The van der Waals surface area contributed by atoms with Gasteiger partial charge in [-0.2, -0.15) is 4.99 Å². The molecular formula is C15H17NO2. The summed E-state index contributed by atoms with van der Waals surface area (Å²) in [5.41, 5.74) is 2.10. The van der Waals surface area contributed by atoms with E-state index >= 15 is 0 Å². The highest BCUT2D eigenvalue weighted by Gasteiger charge is 2.36. The highest BCUT2D eigenvalue weighted by atomic mass is 16.5. The molecule has 0 unspecified atom stereocenters. The summed E-state index contributed by atoms with van der Waals surface area (Å²) in [5, 5.41) is 0. The molecule has 18 heavy (non-hydrogen) atoms. The third-order valence-electron chi connectivity index (χ3n) is 4.14. The Morgan fingerprint density at radius 3 is 2.83 bits per heavy atom. The molecule has 0 spiro atoms. The number of benzene rings is 1. The lowest BCUT2D eigenvalue weighted by molar-refractivity contribution is 0.287. The van der Waals surface area contributed by atoms with Crippen LogP contribution in [0, 0.1) is 0 Å². The van der Waals surface area contributed by atoms with Gasteiger partial charge >= 0.3 is 0 Å². The van der Waals surface area contributed by atoms with Crippen molar-refractivity contribution in [3.8, 4) is 5.75 Å². The van der Waals surface area contributed by atoms with Gasteiger partial charge in [-0.1, -0.05) is 18.9 Å². The first-order valence-corrected chi connectivity index (χ1v) is 6.69. The first-order valence-electron chi connectivity index (χ1n) is 6.69. The summed E-state index contributed by atoms with van der Waals surface area (Å²) in [6, 6.07) is 6.28. The fourth-order valence-corrected chi connectivity index (χ4v) is 3.16. The Hall–Kier alpha value is -1.60. The number of aliphatic imine (C=N–C) groups is 1. The number of hydrogen-bond acceptors (Lipinski definition) is 3. The van der Waals surface area contributed by atoms with Crippen LogP contribution in [0.1, 0.15) is 43.2 Å². The molecule has 1 aromatic carbocycles. The number of nitrogens with zero attached hydrogens (tertiary/aromatic N) is 1. The summed E-state index contributed by atoms with van der Waals surface area (Å²) in [5.74, 6) is 0.994. The van der Waals surface area contributed by atoms with Gasteiger partial charge in [-0.3, -0.25) is 0 Å². The van der Waals surface area contributed by atoms with Crippen molar-refractivity contribution in [3.05, 3.63) is 29.3 Å². The lowest BCUT2D eigenvalue weighted by atomic mass is 9.87. The van der Waals surface area contributed by atoms with Gasteiger partial charge in [0.05, 0.1) is 12.1 Å². The number of fused-ring (bicyclic) bond motifs is 1. The van der Waals surface area contributed by atoms with Crippen LogP contribution in [0.3, 0.4) is 0 Å². The molecule has 1 saturated carbocycles. The molecule has 1 heterocycles. The van der Waals surface area contributed by atoms with Gasteiger partial charge in [0.15, 0.2) is 0 Å². The van der Waals surface area contributed by atoms with Gasteiger partial charge in [0, 0.05) is 0 Å². The van der Waals surface area contributed by atoms with E-state index in [1.54, 1.807) is 6.08 Å². The minimum absolute atomic E-state index is 0.311. The number of aryl methyl sites for hydroxylation is 1. The van der Waals surface area contributed by atoms with Crippen LogP contribution in [0.2, 0.25) is 0 Å². The third kappa shape index (κ3) is 1.85. The first kappa shape index (κ1) is 11.5. The standard InChI is InChI=1S/C15H17NO2/c17-11-16-15(7-1-2-8-15)13-5-6-14-12(10-13)4-3-9-18-14/h5-6,10H,1-4,7-9H2. The molecule has 0 radical (unpaired) electrons. The van der Waals surface area contributed by atoms with Crippen molar-refractivity contribution in [3.63, 3.8) is 0 Å². The van der Waals surface area contributed by atoms with Crippen LogP contribution in [0.4, 0.5) is 0 Å². The largest absolute Gasteiger partial charge is 0.493 e. The van der Waals surface area contributed by atoms with Crippen LogP contribution < -0.4 is 4.74 Å². The molecule has 0 aromatic heterocycles. The number of carbonyl (C=O) groups excluding carboxylic acids is 1. The lowest BCUT2D eigenvalue weighted by Gasteiger charge is -2.25. The molecule has 0 N–H and O–H groups in total. The second-order valence-electron chi connectivity index (χ2n) is 5.22. The van der Waals surface area contributed by atoms with E-state index in [2.05, 4.69) is 17.1 Å². The Bertz CT molecular complexity index is 497. The zero-order chi connectivity index (χ0) is 12.4. The van der Waals surface area contributed by atoms with E-state index in [1.807, 2.05) is 6.07 Å². The van der Waals surface area contributed by atoms with Crippen molar-refractivity contribution in [2.24, 2.45) is 4.99 Å². The fourth-order valence-electron chi connectivity index (χ4n) is 3.16. The van der Waals surface area contributed by atoms with Crippen LogP contribution in [0.25, 0.3) is 0 Å². The third-order valence-corrected chi connectivity index (χ3v) is 4.14. The van der Waals surface area contributed by atoms with E-state index in [4.69, 9.17) is 4.74 Å². The number of ether oxygens (including phenoxy) is 1. The molecular weight excluding hydrogens is 226 g/mol. The van der Waals surface area contributed by atoms with Crippen LogP contribution in [0.15, 0.2) is 23.2 Å². The van der Waals surface area contributed by atoms with Crippen LogP contribution >= 0.6 is 0 Å². The highest BCUT2D eigenvalue weighted by Crippen LogP contribution is 2.43. The molecule has 1 aliphatic carbocycles. The van der Waals surface area contributed by atoms with Crippen molar-refractivity contribution in [2.75, 3.05) is 6.61 Å². The molecule has 3 nitrogen and oxygen atoms in total. The first-order chi connectivity index (χ1) is 8.84. The Morgan fingerprint density at radius 1 is 1.22 bits per heavy atom. The normalized spacial score (nSPS) is 20.7. The minimum Gasteiger partial charge on any atom is -0.493 e. The van der Waals surface area contributed by atoms with E-state index in [0.29, 0.717) is 0 Å². The summed E-state index contributed by atoms with van der Waals surface area (Å²) < 4.78 is 5.63. The number of hydrogen-bond donors (Lipinski definition) is 0. The summed E-state index contributed by atoms with van der Waals surface area (Å²) in [6.45, 7) is 0.810. The maximum Gasteiger partial charge on any atom is 0.235 e. The lowest BCUT2D eigenvalue weighted by Crippen LogP contribution is -2.20. The maximum absolute atomic E-state index is 10.7. The highest BCUT2D eigenvalue weighted by molar-refractivity contribution is 5.44. The van der Waals surface area contributed by atoms with Gasteiger partial charge in [-0.15, -0.1) is 0 Å². The van der Waals surface area contributed by atoms with E-state index in [-0.39, 0.29) is 5.54 Å². The molecule has 3 heteroatoms. The molecule has 1 aromatic rings. The van der Waals surface area contributed by atoms with Crippen LogP contribution in [-0.2, 0) is 16.8 Å². The second kappa shape index (κ2) is 4.58. The summed E-state index contributed by atoms with van der Waals surface area (Å²) >= 11 is 0. The predicted octanol–water partition coefficient (Wildman–Crippen LogP) is 3.12. The van der Waals surface area contributed by atoms with Gasteiger partial charge < -0.3 is 4.74 Å². The van der Waals surface area contributed by atoms with Gasteiger partial charge in [0.1, 0.15) is 5.75 Å². The van der Waals surface area contributed by atoms with Crippen LogP contribution in [0.5, 0.6) is 5.75 Å². The van der Waals surface area contributed by atoms with Gasteiger partial charge in [-0.05, 0) is 48.9 Å². The molecule has 1 fully saturated rings. The molecule has 94 valence electrons. The zero-order valence-electron chi connectivity index (χ0n) is 10.4. The molecule has 1 aliphatic heterocycles. The zero-order valence-corrected chi connectivity index (χ0v) is 10.4. The molecule has 0 saturated heterocycles. The topological polar surface area (TPSA) is 38.7 Å². The monoisotopic (exact) mass is 243 g/mol. The van der Waals surface area contributed by atoms with Gasteiger partial charge in [0.25, 0.3) is 0 Å². The average molecular weight is 243 g/mol. The van der Waals surface area contributed by atoms with E-state index in [0.717, 1.165) is 56.4 Å². The Morgan fingerprint density at radius 2 is 2.06 bits per heavy atom. The number of rotatable bonds is 2. The maximum atomic E-state index is 10.7. The molecule has 2 aliphatic rings. The van der Waals surface area contributed by atoms with E-state index in [9.17, 15) is 4.79 Å². The predicted molar refractivity (Wildman–Crippen MR) is 68.5 cm³/mol. The Labute approximate surface area is 107 Å². The number of isocyanates is 1. The van der Waals surface area contributed by atoms with E-state index < -0.39 is 0 Å². The molecule has 3 rings (SSSR count). The quantitative estimate of drug-likeness (QED) is 0.591. The van der Waals surface area contributed by atoms with Crippen molar-refractivity contribution >= 4 is 6.08 Å². The van der Waals surface area contributed by atoms with Crippen molar-refractivity contribution in [1.29, 1.82) is 0 Å². The van der Waals surface area contributed by atoms with Crippen LogP contribution in [-0.4, -0.2) is 12.7 Å². The minimum atomic E-state index is -0.311. The van der Waals surface area contributed by atoms with Crippen molar-refractivity contribution in [1.82, 2.24) is 0 Å². The van der Waals surface area contributed by atoms with Gasteiger partial charge in [0.2, 0.25) is 6.08 Å². The van der Waals surface area contributed by atoms with Crippen molar-refractivity contribution < 1.29 is 9.53 Å². The SMILES string of the molecule is O=C=NC1(c2ccc3c(c2)CCCO3)CCCC1. The summed E-state index contributed by atoms with van der Waals surface area (Å²) in [4.78, 5) is 14.8. The average Bonchev–Trinajstić information content (AvgIpc) is 2.88. The van der Waals surface area contributed by atoms with Crippen molar-refractivity contribution in [2.45, 2.75) is 44.1 Å². The molecule has 0 atom stereocenters. The Kier molecular flexibility index (Phi) is 2.92. The van der Waals surface area contributed by atoms with E-state index in [1.165, 1.54) is 5.56 Å². The molecule has 0 bridgehead atoms. The fraction of sp³-hybridized carbons (Fsp3) is 0.533.